The van der Waals surface area contributed by atoms with Gasteiger partial charge in [0.25, 0.3) is 0 Å². The summed E-state index contributed by atoms with van der Waals surface area (Å²) in [6.07, 6.45) is 7.54. The second-order valence-electron chi connectivity index (χ2n) is 8.83. The third kappa shape index (κ3) is 4.35. The van der Waals surface area contributed by atoms with Crippen molar-refractivity contribution in [2.24, 2.45) is 5.73 Å². The maximum atomic E-state index is 14.2. The molecule has 0 spiro atoms. The molecule has 4 N–H and O–H groups in total. The maximum Gasteiger partial charge on any atom is 0.227 e. The molecule has 164 valence electrons. The van der Waals surface area contributed by atoms with Crippen LogP contribution in [0.15, 0.2) is 36.7 Å². The number of rotatable bonds is 6. The van der Waals surface area contributed by atoms with Gasteiger partial charge in [-0.1, -0.05) is 43.2 Å². The molecular weight excluding hydrogens is 393 g/mol. The summed E-state index contributed by atoms with van der Waals surface area (Å²) in [6, 6.07) is 10.3. The Morgan fingerprint density at radius 2 is 1.87 bits per heavy atom. The molecule has 3 aromatic rings. The molecule has 2 heterocycles. The Balaban J connectivity index is 1.45. The smallest absolute Gasteiger partial charge is 0.227 e. The third-order valence-electron chi connectivity index (χ3n) is 6.60. The lowest BCUT2D eigenvalue weighted by Gasteiger charge is -2.30. The Labute approximate surface area is 181 Å². The van der Waals surface area contributed by atoms with Crippen LogP contribution in [0.3, 0.4) is 0 Å². The van der Waals surface area contributed by atoms with E-state index >= 15 is 0 Å². The van der Waals surface area contributed by atoms with Crippen LogP contribution in [0.25, 0.3) is 11.2 Å². The molecular formula is C23H30FN7. The first-order chi connectivity index (χ1) is 15.2. The number of nitrogens with one attached hydrogen (secondary N) is 2. The summed E-state index contributed by atoms with van der Waals surface area (Å²) in [5.74, 6) is 1.23. The first kappa shape index (κ1) is 20.2. The van der Waals surface area contributed by atoms with Crippen molar-refractivity contribution in [3.63, 3.8) is 0 Å². The van der Waals surface area contributed by atoms with Gasteiger partial charge in [0.15, 0.2) is 17.0 Å². The molecule has 2 saturated carbocycles. The Hall–Kier alpha value is -2.74. The van der Waals surface area contributed by atoms with Gasteiger partial charge in [-0.2, -0.15) is 9.97 Å². The summed E-state index contributed by atoms with van der Waals surface area (Å²) >= 11 is 0. The predicted octanol–water partition coefficient (Wildman–Crippen LogP) is 4.18. The number of nitrogens with zero attached hydrogens (tertiary/aromatic N) is 4. The SMILES string of the molecule is NC1CCC(Nc2nc(NCc3ccccc3)c3ncn(C4CCCC4)c3n2)CC1F. The van der Waals surface area contributed by atoms with Crippen LogP contribution in [0.4, 0.5) is 16.2 Å². The monoisotopic (exact) mass is 423 g/mol. The largest absolute Gasteiger partial charge is 0.364 e. The number of hydrogen-bond acceptors (Lipinski definition) is 6. The van der Waals surface area contributed by atoms with Gasteiger partial charge in [0.2, 0.25) is 5.95 Å². The van der Waals surface area contributed by atoms with E-state index in [1.54, 1.807) is 0 Å². The van der Waals surface area contributed by atoms with Gasteiger partial charge in [0.05, 0.1) is 6.33 Å². The summed E-state index contributed by atoms with van der Waals surface area (Å²) in [7, 11) is 0. The molecule has 0 radical (unpaired) electrons. The van der Waals surface area contributed by atoms with E-state index in [0.29, 0.717) is 37.2 Å². The lowest BCUT2D eigenvalue weighted by molar-refractivity contribution is 0.207. The summed E-state index contributed by atoms with van der Waals surface area (Å²) in [5, 5.41) is 6.81. The van der Waals surface area contributed by atoms with Gasteiger partial charge < -0.3 is 20.9 Å². The second kappa shape index (κ2) is 8.78. The van der Waals surface area contributed by atoms with Crippen molar-refractivity contribution < 1.29 is 4.39 Å². The molecule has 2 fully saturated rings. The molecule has 2 aliphatic carbocycles. The lowest BCUT2D eigenvalue weighted by Crippen LogP contribution is -2.42. The topological polar surface area (TPSA) is 93.7 Å². The van der Waals surface area contributed by atoms with Gasteiger partial charge in [-0.15, -0.1) is 0 Å². The third-order valence-corrected chi connectivity index (χ3v) is 6.60. The average Bonchev–Trinajstić information content (AvgIpc) is 3.45. The van der Waals surface area contributed by atoms with Gasteiger partial charge in [-0.05, 0) is 31.2 Å². The molecule has 31 heavy (non-hydrogen) atoms. The quantitative estimate of drug-likeness (QED) is 0.551. The van der Waals surface area contributed by atoms with Gasteiger partial charge in [-0.3, -0.25) is 0 Å². The number of benzene rings is 1. The fraction of sp³-hybridized carbons (Fsp3) is 0.522. The minimum atomic E-state index is -0.991. The van der Waals surface area contributed by atoms with E-state index in [1.165, 1.54) is 18.4 Å². The van der Waals surface area contributed by atoms with Crippen LogP contribution >= 0.6 is 0 Å². The van der Waals surface area contributed by atoms with Gasteiger partial charge >= 0.3 is 0 Å². The predicted molar refractivity (Wildman–Crippen MR) is 121 cm³/mol. The normalized spacial score (nSPS) is 24.5. The molecule has 8 heteroatoms. The second-order valence-corrected chi connectivity index (χ2v) is 8.83. The molecule has 7 nitrogen and oxygen atoms in total. The minimum Gasteiger partial charge on any atom is -0.364 e. The van der Waals surface area contributed by atoms with Gasteiger partial charge in [-0.25, -0.2) is 9.37 Å². The van der Waals surface area contributed by atoms with Crippen molar-refractivity contribution in [2.75, 3.05) is 10.6 Å². The summed E-state index contributed by atoms with van der Waals surface area (Å²) in [4.78, 5) is 14.2. The average molecular weight is 424 g/mol. The number of imidazole rings is 1. The summed E-state index contributed by atoms with van der Waals surface area (Å²) in [6.45, 7) is 0.646. The Morgan fingerprint density at radius 3 is 2.65 bits per heavy atom. The van der Waals surface area contributed by atoms with E-state index in [1.807, 2.05) is 24.5 Å². The summed E-state index contributed by atoms with van der Waals surface area (Å²) < 4.78 is 16.3. The highest BCUT2D eigenvalue weighted by Crippen LogP contribution is 2.33. The number of alkyl halides is 1. The van der Waals surface area contributed by atoms with Crippen molar-refractivity contribution in [2.45, 2.75) is 75.8 Å². The van der Waals surface area contributed by atoms with Crippen LogP contribution in [0.5, 0.6) is 0 Å². The molecule has 3 atom stereocenters. The molecule has 5 rings (SSSR count). The van der Waals surface area contributed by atoms with Crippen LogP contribution < -0.4 is 16.4 Å². The molecule has 0 bridgehead atoms. The Morgan fingerprint density at radius 1 is 1.06 bits per heavy atom. The highest BCUT2D eigenvalue weighted by atomic mass is 19.1. The fourth-order valence-corrected chi connectivity index (χ4v) is 4.79. The fourth-order valence-electron chi connectivity index (χ4n) is 4.79. The zero-order chi connectivity index (χ0) is 21.2. The Kier molecular flexibility index (Phi) is 5.72. The van der Waals surface area contributed by atoms with E-state index in [-0.39, 0.29) is 12.1 Å². The van der Waals surface area contributed by atoms with Crippen molar-refractivity contribution in [1.29, 1.82) is 0 Å². The molecule has 3 unspecified atom stereocenters. The van der Waals surface area contributed by atoms with E-state index in [9.17, 15) is 4.39 Å². The zero-order valence-electron chi connectivity index (χ0n) is 17.7. The number of fused-ring (bicyclic) bond motifs is 1. The molecule has 2 aliphatic rings. The number of hydrogen-bond donors (Lipinski definition) is 3. The van der Waals surface area contributed by atoms with Gasteiger partial charge in [0.1, 0.15) is 6.17 Å². The molecule has 0 aliphatic heterocycles. The lowest BCUT2D eigenvalue weighted by atomic mass is 9.90. The molecule has 2 aromatic heterocycles. The van der Waals surface area contributed by atoms with E-state index in [0.717, 1.165) is 30.4 Å². The van der Waals surface area contributed by atoms with Crippen molar-refractivity contribution >= 4 is 22.9 Å². The molecule has 0 saturated heterocycles. The zero-order valence-corrected chi connectivity index (χ0v) is 17.7. The van der Waals surface area contributed by atoms with Crippen molar-refractivity contribution in [1.82, 2.24) is 19.5 Å². The van der Waals surface area contributed by atoms with Crippen molar-refractivity contribution in [3.05, 3.63) is 42.2 Å². The highest BCUT2D eigenvalue weighted by Gasteiger charge is 2.29. The Bertz CT molecular complexity index is 1020. The highest BCUT2D eigenvalue weighted by molar-refractivity contribution is 5.84. The standard InChI is InChI=1S/C23H30FN7/c24-18-12-16(10-11-19(18)25)28-23-29-21(26-13-15-6-2-1-3-7-15)20-22(30-23)31(14-27-20)17-8-4-5-9-17/h1-3,6-7,14,16-19H,4-5,8-13,25H2,(H2,26,28,29,30). The van der Waals surface area contributed by atoms with Crippen LogP contribution in [-0.2, 0) is 6.54 Å². The molecule has 0 amide bonds. The van der Waals surface area contributed by atoms with E-state index in [2.05, 4.69) is 32.3 Å². The number of anilines is 2. The maximum absolute atomic E-state index is 14.2. The number of nitrogens with two attached hydrogens (primary N) is 1. The minimum absolute atomic E-state index is 0.0166. The van der Waals surface area contributed by atoms with Crippen LogP contribution in [-0.4, -0.2) is 37.8 Å². The first-order valence-electron chi connectivity index (χ1n) is 11.4. The summed E-state index contributed by atoms with van der Waals surface area (Å²) in [5.41, 5.74) is 8.63. The van der Waals surface area contributed by atoms with Gasteiger partial charge in [0, 0.05) is 31.1 Å². The van der Waals surface area contributed by atoms with Crippen LogP contribution in [0.1, 0.15) is 56.6 Å². The van der Waals surface area contributed by atoms with Crippen LogP contribution in [0.2, 0.25) is 0 Å². The first-order valence-corrected chi connectivity index (χ1v) is 11.4. The van der Waals surface area contributed by atoms with Crippen molar-refractivity contribution in [3.8, 4) is 0 Å². The number of aromatic nitrogens is 4. The van der Waals surface area contributed by atoms with Crippen LogP contribution in [0, 0.1) is 0 Å². The van der Waals surface area contributed by atoms with E-state index < -0.39 is 6.17 Å². The van der Waals surface area contributed by atoms with E-state index in [4.69, 9.17) is 15.7 Å². The number of halogens is 1. The molecule has 1 aromatic carbocycles.